The van der Waals surface area contributed by atoms with E-state index in [-0.39, 0.29) is 5.60 Å². The molecule has 2 bridgehead atoms. The predicted molar refractivity (Wildman–Crippen MR) is 36.0 cm³/mol. The van der Waals surface area contributed by atoms with Gasteiger partial charge in [-0.25, -0.2) is 0 Å². The summed E-state index contributed by atoms with van der Waals surface area (Å²) >= 11 is 0. The second-order valence-corrected chi connectivity index (χ2v) is 3.55. The van der Waals surface area contributed by atoms with Crippen molar-refractivity contribution in [3.8, 4) is 0 Å². The van der Waals surface area contributed by atoms with Crippen LogP contribution in [0.15, 0.2) is 12.2 Å². The molecule has 0 aromatic carbocycles. The minimum atomic E-state index is -0.376. The molecule has 2 aliphatic carbocycles. The van der Waals surface area contributed by atoms with Crippen molar-refractivity contribution in [2.24, 2.45) is 11.8 Å². The molecule has 0 aliphatic heterocycles. The van der Waals surface area contributed by atoms with E-state index in [2.05, 4.69) is 12.2 Å². The van der Waals surface area contributed by atoms with Gasteiger partial charge in [0.25, 0.3) is 0 Å². The highest BCUT2D eigenvalue weighted by Gasteiger charge is 2.43. The Morgan fingerprint density at radius 2 is 2.33 bits per heavy atom. The maximum absolute atomic E-state index is 9.63. The molecule has 1 nitrogen and oxygen atoms in total. The number of hydrogen-bond acceptors (Lipinski definition) is 1. The Labute approximate surface area is 55.4 Å². The first-order chi connectivity index (χ1) is 4.18. The molecule has 0 aromatic heterocycles. The topological polar surface area (TPSA) is 20.2 Å². The van der Waals surface area contributed by atoms with Crippen molar-refractivity contribution in [2.45, 2.75) is 25.4 Å². The lowest BCUT2D eigenvalue weighted by Crippen LogP contribution is -2.28. The lowest BCUT2D eigenvalue weighted by molar-refractivity contribution is 0.0344. The molecule has 2 rings (SSSR count). The second kappa shape index (κ2) is 1.40. The van der Waals surface area contributed by atoms with Crippen LogP contribution >= 0.6 is 0 Å². The molecule has 0 spiro atoms. The molecule has 0 heterocycles. The number of allylic oxidation sites excluding steroid dienone is 1. The zero-order valence-electron chi connectivity index (χ0n) is 5.67. The van der Waals surface area contributed by atoms with Gasteiger partial charge in [-0.05, 0) is 25.7 Å². The van der Waals surface area contributed by atoms with E-state index in [0.29, 0.717) is 11.8 Å². The van der Waals surface area contributed by atoms with Crippen molar-refractivity contribution in [2.75, 3.05) is 0 Å². The second-order valence-electron chi connectivity index (χ2n) is 3.55. The van der Waals surface area contributed by atoms with Gasteiger partial charge in [-0.1, -0.05) is 12.2 Å². The van der Waals surface area contributed by atoms with Gasteiger partial charge < -0.3 is 5.11 Å². The van der Waals surface area contributed by atoms with E-state index >= 15 is 0 Å². The molecule has 0 amide bonds. The number of aliphatic hydroxyl groups is 1. The molecule has 9 heavy (non-hydrogen) atoms. The summed E-state index contributed by atoms with van der Waals surface area (Å²) < 4.78 is 0. The summed E-state index contributed by atoms with van der Waals surface area (Å²) in [6.07, 6.45) is 6.57. The Bertz CT molecular complexity index is 158. The van der Waals surface area contributed by atoms with Crippen LogP contribution in [0.25, 0.3) is 0 Å². The Balaban J connectivity index is 2.29. The van der Waals surface area contributed by atoms with Crippen LogP contribution in [0, 0.1) is 11.8 Å². The predicted octanol–water partition coefficient (Wildman–Crippen LogP) is 1.33. The molecule has 0 aromatic rings. The molecule has 1 heteroatoms. The van der Waals surface area contributed by atoms with Crippen molar-refractivity contribution in [1.82, 2.24) is 0 Å². The van der Waals surface area contributed by atoms with E-state index in [9.17, 15) is 5.11 Å². The molecule has 2 aliphatic rings. The van der Waals surface area contributed by atoms with Gasteiger partial charge in [0.1, 0.15) is 0 Å². The standard InChI is InChI=1S/C8H12O/c1-8(9)5-6-2-3-7(8)4-6/h2-3,6-7,9H,4-5H2,1H3. The Morgan fingerprint density at radius 1 is 1.56 bits per heavy atom. The maximum atomic E-state index is 9.63. The van der Waals surface area contributed by atoms with Gasteiger partial charge in [-0.2, -0.15) is 0 Å². The van der Waals surface area contributed by atoms with E-state index < -0.39 is 0 Å². The van der Waals surface area contributed by atoms with Crippen molar-refractivity contribution in [3.05, 3.63) is 12.2 Å². The van der Waals surface area contributed by atoms with E-state index in [1.54, 1.807) is 0 Å². The highest BCUT2D eigenvalue weighted by molar-refractivity contribution is 5.15. The van der Waals surface area contributed by atoms with E-state index in [0.717, 1.165) is 6.42 Å². The summed E-state index contributed by atoms with van der Waals surface area (Å²) in [5.74, 6) is 1.15. The number of rotatable bonds is 0. The van der Waals surface area contributed by atoms with Gasteiger partial charge in [0.05, 0.1) is 5.60 Å². The van der Waals surface area contributed by atoms with E-state index in [4.69, 9.17) is 0 Å². The largest absolute Gasteiger partial charge is 0.390 e. The fraction of sp³-hybridized carbons (Fsp3) is 0.750. The third-order valence-electron chi connectivity index (χ3n) is 2.65. The van der Waals surface area contributed by atoms with Gasteiger partial charge in [-0.3, -0.25) is 0 Å². The van der Waals surface area contributed by atoms with Crippen LogP contribution in [-0.2, 0) is 0 Å². The molecule has 0 radical (unpaired) electrons. The summed E-state index contributed by atoms with van der Waals surface area (Å²) in [7, 11) is 0. The van der Waals surface area contributed by atoms with Crippen LogP contribution in [-0.4, -0.2) is 10.7 Å². The zero-order chi connectivity index (χ0) is 6.48. The van der Waals surface area contributed by atoms with Crippen molar-refractivity contribution >= 4 is 0 Å². The molecule has 3 unspecified atom stereocenters. The van der Waals surface area contributed by atoms with Gasteiger partial charge >= 0.3 is 0 Å². The summed E-state index contributed by atoms with van der Waals surface area (Å²) in [5.41, 5.74) is -0.376. The summed E-state index contributed by atoms with van der Waals surface area (Å²) in [4.78, 5) is 0. The molecular formula is C8H12O. The summed E-state index contributed by atoms with van der Waals surface area (Å²) in [6.45, 7) is 1.95. The smallest absolute Gasteiger partial charge is 0.0687 e. The first-order valence-corrected chi connectivity index (χ1v) is 3.59. The lowest BCUT2D eigenvalue weighted by atomic mass is 9.91. The molecule has 3 atom stereocenters. The van der Waals surface area contributed by atoms with Crippen LogP contribution in [0.2, 0.25) is 0 Å². The lowest BCUT2D eigenvalue weighted by Gasteiger charge is -2.24. The normalized spacial score (nSPS) is 54.9. The fourth-order valence-corrected chi connectivity index (χ4v) is 2.07. The van der Waals surface area contributed by atoms with Crippen LogP contribution in [0.4, 0.5) is 0 Å². The first-order valence-electron chi connectivity index (χ1n) is 3.59. The van der Waals surface area contributed by atoms with Crippen LogP contribution in [0.1, 0.15) is 19.8 Å². The quantitative estimate of drug-likeness (QED) is 0.483. The fourth-order valence-electron chi connectivity index (χ4n) is 2.07. The third kappa shape index (κ3) is 0.645. The first kappa shape index (κ1) is 5.48. The van der Waals surface area contributed by atoms with Crippen molar-refractivity contribution < 1.29 is 5.11 Å². The highest BCUT2D eigenvalue weighted by atomic mass is 16.3. The van der Waals surface area contributed by atoms with E-state index in [1.807, 2.05) is 6.92 Å². The van der Waals surface area contributed by atoms with Crippen molar-refractivity contribution in [3.63, 3.8) is 0 Å². The molecule has 1 fully saturated rings. The van der Waals surface area contributed by atoms with Crippen LogP contribution in [0.5, 0.6) is 0 Å². The summed E-state index contributed by atoms with van der Waals surface area (Å²) in [5, 5.41) is 9.63. The van der Waals surface area contributed by atoms with E-state index in [1.165, 1.54) is 6.42 Å². The van der Waals surface area contributed by atoms with Gasteiger partial charge in [-0.15, -0.1) is 0 Å². The Kier molecular flexibility index (Phi) is 0.854. The van der Waals surface area contributed by atoms with Crippen LogP contribution < -0.4 is 0 Å². The molecular weight excluding hydrogens is 112 g/mol. The minimum absolute atomic E-state index is 0.376. The molecule has 1 saturated carbocycles. The molecule has 0 saturated heterocycles. The average Bonchev–Trinajstić information content (AvgIpc) is 2.19. The Hall–Kier alpha value is -0.300. The average molecular weight is 124 g/mol. The SMILES string of the molecule is CC1(O)CC2C=CC1C2. The number of fused-ring (bicyclic) bond motifs is 2. The maximum Gasteiger partial charge on any atom is 0.0687 e. The van der Waals surface area contributed by atoms with Gasteiger partial charge in [0, 0.05) is 5.92 Å². The Morgan fingerprint density at radius 3 is 2.56 bits per heavy atom. The third-order valence-corrected chi connectivity index (χ3v) is 2.65. The van der Waals surface area contributed by atoms with Crippen LogP contribution in [0.3, 0.4) is 0 Å². The molecule has 1 N–H and O–H groups in total. The number of hydrogen-bond donors (Lipinski definition) is 1. The van der Waals surface area contributed by atoms with Gasteiger partial charge in [0.15, 0.2) is 0 Å². The van der Waals surface area contributed by atoms with Gasteiger partial charge in [0.2, 0.25) is 0 Å². The minimum Gasteiger partial charge on any atom is -0.390 e. The molecule has 50 valence electrons. The monoisotopic (exact) mass is 124 g/mol. The summed E-state index contributed by atoms with van der Waals surface area (Å²) in [6, 6.07) is 0. The van der Waals surface area contributed by atoms with Crippen molar-refractivity contribution in [1.29, 1.82) is 0 Å². The zero-order valence-corrected chi connectivity index (χ0v) is 5.67. The highest BCUT2D eigenvalue weighted by Crippen LogP contribution is 2.45.